The van der Waals surface area contributed by atoms with Crippen molar-refractivity contribution in [1.82, 2.24) is 10.6 Å². The van der Waals surface area contributed by atoms with Crippen molar-refractivity contribution in [2.75, 3.05) is 20.3 Å². The van der Waals surface area contributed by atoms with Gasteiger partial charge in [0.1, 0.15) is 6.61 Å². The highest BCUT2D eigenvalue weighted by atomic mass is 35.5. The first-order valence-electron chi connectivity index (χ1n) is 7.72. The van der Waals surface area contributed by atoms with E-state index in [9.17, 15) is 4.79 Å². The summed E-state index contributed by atoms with van der Waals surface area (Å²) in [7, 11) is 1.61. The predicted molar refractivity (Wildman–Crippen MR) is 92.3 cm³/mol. The van der Waals surface area contributed by atoms with Crippen molar-refractivity contribution in [1.29, 1.82) is 0 Å². The summed E-state index contributed by atoms with van der Waals surface area (Å²) in [5.41, 5.74) is 1.54. The molecule has 5 nitrogen and oxygen atoms in total. The summed E-state index contributed by atoms with van der Waals surface area (Å²) in [6.45, 7) is 3.37. The normalized spacial score (nSPS) is 22.8. The Morgan fingerprint density at radius 1 is 1.43 bits per heavy atom. The largest absolute Gasteiger partial charge is 0.493 e. The monoisotopic (exact) mass is 338 g/mol. The summed E-state index contributed by atoms with van der Waals surface area (Å²) < 4.78 is 11.0. The fourth-order valence-electron chi connectivity index (χ4n) is 3.01. The van der Waals surface area contributed by atoms with Gasteiger partial charge >= 0.3 is 0 Å². The molecular formula is C17H23ClN2O3. The molecule has 0 aromatic heterocycles. The Morgan fingerprint density at radius 2 is 2.26 bits per heavy atom. The summed E-state index contributed by atoms with van der Waals surface area (Å²) in [5, 5.41) is 6.51. The topological polar surface area (TPSA) is 59.6 Å². The molecule has 1 aromatic carbocycles. The molecule has 0 aliphatic carbocycles. The minimum Gasteiger partial charge on any atom is -0.493 e. The Hall–Kier alpha value is -1.72. The highest BCUT2D eigenvalue weighted by Crippen LogP contribution is 2.35. The third kappa shape index (κ3) is 3.98. The van der Waals surface area contributed by atoms with E-state index in [0.29, 0.717) is 23.1 Å². The average Bonchev–Trinajstić information content (AvgIpc) is 2.53. The van der Waals surface area contributed by atoms with E-state index in [1.165, 1.54) is 0 Å². The molecule has 0 spiro atoms. The highest BCUT2D eigenvalue weighted by Gasteiger charge is 2.24. The summed E-state index contributed by atoms with van der Waals surface area (Å²) in [6.07, 6.45) is 3.82. The van der Waals surface area contributed by atoms with Crippen LogP contribution in [0.4, 0.5) is 0 Å². The lowest BCUT2D eigenvalue weighted by Gasteiger charge is -2.29. The number of amides is 1. The summed E-state index contributed by atoms with van der Waals surface area (Å²) in [5.74, 6) is 1.37. The Kier molecular flexibility index (Phi) is 5.91. The number of methoxy groups -OCH3 is 1. The van der Waals surface area contributed by atoms with Crippen LogP contribution in [-0.4, -0.2) is 38.3 Å². The number of nitrogens with one attached hydrogen (secondary N) is 2. The summed E-state index contributed by atoms with van der Waals surface area (Å²) >= 11 is 0. The lowest BCUT2D eigenvalue weighted by Crippen LogP contribution is -2.47. The third-order valence-corrected chi connectivity index (χ3v) is 4.18. The molecule has 1 amide bonds. The van der Waals surface area contributed by atoms with Crippen LogP contribution in [0.1, 0.15) is 25.3 Å². The second-order valence-corrected chi connectivity index (χ2v) is 5.89. The number of carbonyl (C=O) groups is 1. The maximum atomic E-state index is 12.4. The average molecular weight is 339 g/mol. The van der Waals surface area contributed by atoms with E-state index in [0.717, 1.165) is 24.9 Å². The molecule has 2 atom stereocenters. The van der Waals surface area contributed by atoms with E-state index in [1.54, 1.807) is 7.11 Å². The first-order valence-corrected chi connectivity index (χ1v) is 7.72. The molecule has 3 rings (SSSR count). The molecule has 2 aliphatic heterocycles. The number of hydrogen-bond donors (Lipinski definition) is 2. The first kappa shape index (κ1) is 17.6. The highest BCUT2D eigenvalue weighted by molar-refractivity contribution is 5.99. The molecule has 2 N–H and O–H groups in total. The van der Waals surface area contributed by atoms with E-state index >= 15 is 0 Å². The molecule has 2 heterocycles. The predicted octanol–water partition coefficient (Wildman–Crippen LogP) is 2.15. The van der Waals surface area contributed by atoms with Gasteiger partial charge in [-0.3, -0.25) is 4.79 Å². The van der Waals surface area contributed by atoms with Crippen molar-refractivity contribution in [2.45, 2.75) is 31.8 Å². The lowest BCUT2D eigenvalue weighted by atomic mass is 9.99. The fraction of sp³-hybridized carbons (Fsp3) is 0.471. The van der Waals surface area contributed by atoms with Crippen LogP contribution in [0, 0.1) is 0 Å². The van der Waals surface area contributed by atoms with Crippen LogP contribution in [0.5, 0.6) is 11.5 Å². The zero-order chi connectivity index (χ0) is 15.5. The van der Waals surface area contributed by atoms with Crippen molar-refractivity contribution in [3.63, 3.8) is 0 Å². The van der Waals surface area contributed by atoms with Crippen molar-refractivity contribution in [3.8, 4) is 11.5 Å². The molecule has 1 fully saturated rings. The molecule has 2 unspecified atom stereocenters. The number of halogens is 1. The number of rotatable bonds is 3. The Bertz CT molecular complexity index is 604. The van der Waals surface area contributed by atoms with E-state index in [2.05, 4.69) is 17.6 Å². The number of hydrogen-bond acceptors (Lipinski definition) is 4. The molecule has 23 heavy (non-hydrogen) atoms. The number of para-hydroxylation sites is 1. The Balaban J connectivity index is 0.00000192. The number of ether oxygens (including phenoxy) is 2. The molecule has 2 aliphatic rings. The van der Waals surface area contributed by atoms with Crippen LogP contribution in [0.15, 0.2) is 23.8 Å². The minimum atomic E-state index is -0.0347. The Labute approximate surface area is 142 Å². The van der Waals surface area contributed by atoms with Gasteiger partial charge in [0.15, 0.2) is 11.5 Å². The zero-order valence-electron chi connectivity index (χ0n) is 13.4. The molecule has 0 bridgehead atoms. The van der Waals surface area contributed by atoms with Crippen LogP contribution in [0.2, 0.25) is 0 Å². The summed E-state index contributed by atoms with van der Waals surface area (Å²) in [6, 6.07) is 6.36. The molecular weight excluding hydrogens is 316 g/mol. The third-order valence-electron chi connectivity index (χ3n) is 4.18. The van der Waals surface area contributed by atoms with E-state index in [-0.39, 0.29) is 31.0 Å². The molecule has 1 aromatic rings. The molecule has 0 radical (unpaired) electrons. The molecule has 126 valence electrons. The number of carbonyl (C=O) groups excluding carboxylic acids is 1. The number of benzene rings is 1. The van der Waals surface area contributed by atoms with Crippen molar-refractivity contribution in [3.05, 3.63) is 29.3 Å². The van der Waals surface area contributed by atoms with E-state index < -0.39 is 0 Å². The smallest absolute Gasteiger partial charge is 0.250 e. The zero-order valence-corrected chi connectivity index (χ0v) is 14.2. The minimum absolute atomic E-state index is 0. The quantitative estimate of drug-likeness (QED) is 0.886. The van der Waals surface area contributed by atoms with Gasteiger partial charge in [-0.15, -0.1) is 12.4 Å². The van der Waals surface area contributed by atoms with Gasteiger partial charge < -0.3 is 20.1 Å². The lowest BCUT2D eigenvalue weighted by molar-refractivity contribution is -0.118. The van der Waals surface area contributed by atoms with Crippen LogP contribution in [0.25, 0.3) is 6.08 Å². The van der Waals surface area contributed by atoms with Crippen LogP contribution in [-0.2, 0) is 4.79 Å². The van der Waals surface area contributed by atoms with Crippen LogP contribution < -0.4 is 20.1 Å². The van der Waals surface area contributed by atoms with E-state index in [4.69, 9.17) is 9.47 Å². The van der Waals surface area contributed by atoms with Crippen molar-refractivity contribution < 1.29 is 14.3 Å². The van der Waals surface area contributed by atoms with Gasteiger partial charge in [-0.1, -0.05) is 12.1 Å². The number of piperidine rings is 1. The van der Waals surface area contributed by atoms with Gasteiger partial charge in [-0.25, -0.2) is 0 Å². The van der Waals surface area contributed by atoms with Gasteiger partial charge in [0.2, 0.25) is 0 Å². The fourth-order valence-corrected chi connectivity index (χ4v) is 3.01. The van der Waals surface area contributed by atoms with Gasteiger partial charge in [-0.2, -0.15) is 0 Å². The van der Waals surface area contributed by atoms with Crippen LogP contribution >= 0.6 is 12.4 Å². The maximum absolute atomic E-state index is 12.4. The van der Waals surface area contributed by atoms with Gasteiger partial charge in [0, 0.05) is 17.6 Å². The molecule has 0 saturated carbocycles. The molecule has 6 heteroatoms. The number of fused-ring (bicyclic) bond motifs is 1. The standard InChI is InChI=1S/C17H22N2O3.ClH/c1-11-8-14(6-7-18-11)19-17(20)13-9-12-4-3-5-15(21-2)16(12)22-10-13;/h3-5,9,11,14,18H,6-8,10H2,1-2H3,(H,19,20);1H. The van der Waals surface area contributed by atoms with Gasteiger partial charge in [0.25, 0.3) is 5.91 Å². The first-order chi connectivity index (χ1) is 10.7. The van der Waals surface area contributed by atoms with Crippen molar-refractivity contribution >= 4 is 24.4 Å². The molecule has 1 saturated heterocycles. The van der Waals surface area contributed by atoms with Crippen molar-refractivity contribution in [2.24, 2.45) is 0 Å². The van der Waals surface area contributed by atoms with Gasteiger partial charge in [0.05, 0.1) is 12.7 Å². The second kappa shape index (κ2) is 7.70. The Morgan fingerprint density at radius 3 is 3.00 bits per heavy atom. The van der Waals surface area contributed by atoms with Gasteiger partial charge in [-0.05, 0) is 38.5 Å². The summed E-state index contributed by atoms with van der Waals surface area (Å²) in [4.78, 5) is 12.4. The second-order valence-electron chi connectivity index (χ2n) is 5.89. The maximum Gasteiger partial charge on any atom is 0.250 e. The van der Waals surface area contributed by atoms with Crippen LogP contribution in [0.3, 0.4) is 0 Å². The van der Waals surface area contributed by atoms with E-state index in [1.807, 2.05) is 24.3 Å². The SMILES string of the molecule is COc1cccc2c1OCC(C(=O)NC1CCNC(C)C1)=C2.Cl.